The first-order chi connectivity index (χ1) is 7.75. The number of hydrogen-bond acceptors (Lipinski definition) is 4. The Hall–Kier alpha value is -1.07. The number of carbonyl (C=O) groups is 1. The minimum absolute atomic E-state index is 0.0107. The summed E-state index contributed by atoms with van der Waals surface area (Å²) in [4.78, 5) is 11.4. The third kappa shape index (κ3) is 1.28. The van der Waals surface area contributed by atoms with Crippen molar-refractivity contribution in [2.24, 2.45) is 5.92 Å². The Morgan fingerprint density at radius 1 is 1.75 bits per heavy atom. The normalized spacial score (nSPS) is 43.4. The highest BCUT2D eigenvalue weighted by atomic mass is 16.6. The van der Waals surface area contributed by atoms with Crippen LogP contribution in [0.25, 0.3) is 0 Å². The lowest BCUT2D eigenvalue weighted by Crippen LogP contribution is -2.48. The molecule has 3 heterocycles. The smallest absolute Gasteiger partial charge is 0.407 e. The molecule has 3 aliphatic rings. The molecule has 0 aromatic carbocycles. The van der Waals surface area contributed by atoms with Crippen molar-refractivity contribution in [2.45, 2.75) is 24.7 Å². The van der Waals surface area contributed by atoms with Gasteiger partial charge < -0.3 is 20.1 Å². The van der Waals surface area contributed by atoms with Crippen LogP contribution in [0.2, 0.25) is 0 Å². The fraction of sp³-hybridized carbons (Fsp3) is 0.727. The van der Waals surface area contributed by atoms with Crippen molar-refractivity contribution in [3.05, 3.63) is 12.2 Å². The van der Waals surface area contributed by atoms with Gasteiger partial charge in [-0.3, -0.25) is 0 Å². The fourth-order valence-electron chi connectivity index (χ4n) is 2.97. The SMILES string of the molecule is CCOC(=O)NC1C2C=CC3(CNCC13)O2. The molecule has 0 aliphatic carbocycles. The third-order valence-electron chi connectivity index (χ3n) is 3.66. The summed E-state index contributed by atoms with van der Waals surface area (Å²) in [6, 6.07) is 0.0408. The van der Waals surface area contributed by atoms with Crippen molar-refractivity contribution in [1.82, 2.24) is 10.6 Å². The second-order valence-corrected chi connectivity index (χ2v) is 4.52. The van der Waals surface area contributed by atoms with Crippen LogP contribution in [0, 0.1) is 5.92 Å². The summed E-state index contributed by atoms with van der Waals surface area (Å²) in [5.74, 6) is 0.326. The van der Waals surface area contributed by atoms with E-state index in [0.717, 1.165) is 13.1 Å². The minimum atomic E-state index is -0.348. The summed E-state index contributed by atoms with van der Waals surface area (Å²) in [5, 5.41) is 6.21. The topological polar surface area (TPSA) is 59.6 Å². The van der Waals surface area contributed by atoms with E-state index in [2.05, 4.69) is 16.7 Å². The van der Waals surface area contributed by atoms with Gasteiger partial charge in [0.15, 0.2) is 0 Å². The van der Waals surface area contributed by atoms with Crippen LogP contribution < -0.4 is 10.6 Å². The summed E-state index contributed by atoms with van der Waals surface area (Å²) in [7, 11) is 0. The van der Waals surface area contributed by atoms with Crippen LogP contribution in [0.1, 0.15) is 6.92 Å². The van der Waals surface area contributed by atoms with E-state index in [-0.39, 0.29) is 23.8 Å². The van der Waals surface area contributed by atoms with E-state index in [1.807, 2.05) is 6.08 Å². The molecule has 88 valence electrons. The molecule has 3 rings (SSSR count). The maximum atomic E-state index is 11.4. The van der Waals surface area contributed by atoms with E-state index >= 15 is 0 Å². The van der Waals surface area contributed by atoms with E-state index in [1.54, 1.807) is 6.92 Å². The zero-order valence-corrected chi connectivity index (χ0v) is 9.23. The molecule has 2 bridgehead atoms. The van der Waals surface area contributed by atoms with Gasteiger partial charge in [0.2, 0.25) is 0 Å². The van der Waals surface area contributed by atoms with Gasteiger partial charge in [-0.25, -0.2) is 4.79 Å². The second-order valence-electron chi connectivity index (χ2n) is 4.52. The zero-order chi connectivity index (χ0) is 11.2. The predicted molar refractivity (Wildman–Crippen MR) is 57.0 cm³/mol. The number of fused-ring (bicyclic) bond motifs is 1. The lowest BCUT2D eigenvalue weighted by molar-refractivity contribution is 0.0319. The van der Waals surface area contributed by atoms with Gasteiger partial charge in [-0.2, -0.15) is 0 Å². The van der Waals surface area contributed by atoms with Crippen molar-refractivity contribution in [1.29, 1.82) is 0 Å². The molecule has 4 atom stereocenters. The number of hydrogen-bond donors (Lipinski definition) is 2. The fourth-order valence-corrected chi connectivity index (χ4v) is 2.97. The van der Waals surface area contributed by atoms with Crippen LogP contribution in [0.4, 0.5) is 4.79 Å². The molecule has 2 saturated heterocycles. The monoisotopic (exact) mass is 224 g/mol. The number of ether oxygens (including phenoxy) is 2. The van der Waals surface area contributed by atoms with Crippen LogP contribution in [0.3, 0.4) is 0 Å². The minimum Gasteiger partial charge on any atom is -0.450 e. The first-order valence-corrected chi connectivity index (χ1v) is 5.76. The van der Waals surface area contributed by atoms with E-state index < -0.39 is 0 Å². The van der Waals surface area contributed by atoms with E-state index in [4.69, 9.17) is 9.47 Å². The standard InChI is InChI=1S/C11H16N2O3/c1-2-15-10(14)13-9-7-5-12-6-11(7)4-3-8(9)16-11/h3-4,7-9,12H,2,5-6H2,1H3,(H,13,14). The first-order valence-electron chi connectivity index (χ1n) is 5.76. The van der Waals surface area contributed by atoms with E-state index in [1.165, 1.54) is 0 Å². The number of alkyl carbamates (subject to hydrolysis) is 1. The predicted octanol–water partition coefficient (Wildman–Crippen LogP) is 0.0279. The molecule has 5 heteroatoms. The third-order valence-corrected chi connectivity index (χ3v) is 3.66. The van der Waals surface area contributed by atoms with E-state index in [0.29, 0.717) is 12.5 Å². The van der Waals surface area contributed by atoms with Crippen LogP contribution in [0.5, 0.6) is 0 Å². The maximum absolute atomic E-state index is 11.4. The lowest BCUT2D eigenvalue weighted by Gasteiger charge is -2.26. The van der Waals surface area contributed by atoms with Gasteiger partial charge in [0, 0.05) is 19.0 Å². The number of carbonyl (C=O) groups excluding carboxylic acids is 1. The number of rotatable bonds is 2. The van der Waals surface area contributed by atoms with E-state index in [9.17, 15) is 4.79 Å². The molecule has 16 heavy (non-hydrogen) atoms. The van der Waals surface area contributed by atoms with Gasteiger partial charge in [0.25, 0.3) is 0 Å². The van der Waals surface area contributed by atoms with Gasteiger partial charge in [-0.15, -0.1) is 0 Å². The highest BCUT2D eigenvalue weighted by Crippen LogP contribution is 2.45. The highest BCUT2D eigenvalue weighted by Gasteiger charge is 2.59. The molecule has 3 aliphatic heterocycles. The Balaban J connectivity index is 1.73. The molecule has 0 aromatic heterocycles. The Kier molecular flexibility index (Phi) is 2.19. The van der Waals surface area contributed by atoms with Gasteiger partial charge >= 0.3 is 6.09 Å². The average Bonchev–Trinajstić information content (AvgIpc) is 2.89. The summed E-state index contributed by atoms with van der Waals surface area (Å²) >= 11 is 0. The summed E-state index contributed by atoms with van der Waals surface area (Å²) < 4.78 is 10.8. The van der Waals surface area contributed by atoms with Gasteiger partial charge in [-0.05, 0) is 6.92 Å². The lowest BCUT2D eigenvalue weighted by atomic mass is 9.82. The molecule has 5 nitrogen and oxygen atoms in total. The van der Waals surface area contributed by atoms with Crippen molar-refractivity contribution in [2.75, 3.05) is 19.7 Å². The largest absolute Gasteiger partial charge is 0.450 e. The molecule has 2 N–H and O–H groups in total. The molecular formula is C11H16N2O3. The highest BCUT2D eigenvalue weighted by molar-refractivity contribution is 5.68. The molecule has 1 spiro atoms. The van der Waals surface area contributed by atoms with Gasteiger partial charge in [-0.1, -0.05) is 12.2 Å². The first kappa shape index (κ1) is 10.1. The van der Waals surface area contributed by atoms with Crippen molar-refractivity contribution in [3.63, 3.8) is 0 Å². The van der Waals surface area contributed by atoms with Crippen LogP contribution in [-0.2, 0) is 9.47 Å². The Morgan fingerprint density at radius 3 is 3.44 bits per heavy atom. The van der Waals surface area contributed by atoms with Crippen LogP contribution in [0.15, 0.2) is 12.2 Å². The summed E-state index contributed by atoms with van der Waals surface area (Å²) in [6.07, 6.45) is 3.84. The molecule has 0 aromatic rings. The number of nitrogens with one attached hydrogen (secondary N) is 2. The molecular weight excluding hydrogens is 208 g/mol. The summed E-state index contributed by atoms with van der Waals surface area (Å²) in [6.45, 7) is 3.92. The van der Waals surface area contributed by atoms with Crippen molar-refractivity contribution >= 4 is 6.09 Å². The summed E-state index contributed by atoms with van der Waals surface area (Å²) in [5.41, 5.74) is -0.186. The van der Waals surface area contributed by atoms with Crippen LogP contribution >= 0.6 is 0 Å². The molecule has 2 fully saturated rings. The Bertz CT molecular complexity index is 344. The maximum Gasteiger partial charge on any atom is 0.407 e. The van der Waals surface area contributed by atoms with Crippen LogP contribution in [-0.4, -0.2) is 43.5 Å². The molecule has 4 unspecified atom stereocenters. The second kappa shape index (κ2) is 3.46. The number of amides is 1. The molecule has 1 amide bonds. The van der Waals surface area contributed by atoms with Gasteiger partial charge in [0.05, 0.1) is 18.8 Å². The molecule has 0 saturated carbocycles. The average molecular weight is 224 g/mol. The zero-order valence-electron chi connectivity index (χ0n) is 9.23. The van der Waals surface area contributed by atoms with Gasteiger partial charge in [0.1, 0.15) is 5.60 Å². The molecule has 0 radical (unpaired) electrons. The Labute approximate surface area is 94.2 Å². The van der Waals surface area contributed by atoms with Crippen molar-refractivity contribution < 1.29 is 14.3 Å². The van der Waals surface area contributed by atoms with Crippen molar-refractivity contribution in [3.8, 4) is 0 Å². The Morgan fingerprint density at radius 2 is 2.62 bits per heavy atom. The quantitative estimate of drug-likeness (QED) is 0.650.